The highest BCUT2D eigenvalue weighted by Crippen LogP contribution is 2.55. The predicted molar refractivity (Wildman–Crippen MR) is 152 cm³/mol. The monoisotopic (exact) mass is 546 g/mol. The molecule has 0 saturated heterocycles. The first kappa shape index (κ1) is 25.1. The van der Waals surface area contributed by atoms with Crippen LogP contribution in [-0.4, -0.2) is 42.0 Å². The van der Waals surface area contributed by atoms with E-state index in [1.54, 1.807) is 0 Å². The summed E-state index contributed by atoms with van der Waals surface area (Å²) in [6.45, 7) is 6.29. The molecule has 3 unspecified atom stereocenters. The summed E-state index contributed by atoms with van der Waals surface area (Å²) < 4.78 is 43.7. The fraction of sp³-hybridized carbons (Fsp3) is 0.452. The molecule has 0 radical (unpaired) electrons. The second-order valence-corrected chi connectivity index (χ2v) is 13.4. The molecule has 7 rings (SSSR count). The zero-order chi connectivity index (χ0) is 27.1. The molecule has 0 saturated carbocycles. The maximum atomic E-state index is 11.4. The van der Waals surface area contributed by atoms with Crippen LogP contribution in [0.4, 0.5) is 5.69 Å². The van der Waals surface area contributed by atoms with E-state index in [0.29, 0.717) is 12.8 Å². The van der Waals surface area contributed by atoms with E-state index in [4.69, 9.17) is 4.74 Å². The predicted octanol–water partition coefficient (Wildman–Crippen LogP) is 4.82. The SMILES string of the molecule is Cc1ccc2c(c1)n(C)c1[n+]2CCC2OC3CCN4C(=C3C=C12)C(C)(CCCCS(=O)(=O)O)c1ccccc14. The Balaban J connectivity index is 1.38. The van der Waals surface area contributed by atoms with Crippen LogP contribution in [0.5, 0.6) is 0 Å². The fourth-order valence-electron chi connectivity index (χ4n) is 7.63. The van der Waals surface area contributed by atoms with Gasteiger partial charge in [0.05, 0.1) is 37.1 Å². The van der Waals surface area contributed by atoms with Crippen molar-refractivity contribution < 1.29 is 22.3 Å². The van der Waals surface area contributed by atoms with E-state index in [-0.39, 0.29) is 23.4 Å². The van der Waals surface area contributed by atoms with Crippen molar-refractivity contribution in [2.24, 2.45) is 7.05 Å². The molecule has 4 aliphatic rings. The number of nitrogens with zero attached hydrogens (tertiary/aromatic N) is 3. The normalized spacial score (nSPS) is 25.6. The Hall–Kier alpha value is -2.94. The lowest BCUT2D eigenvalue weighted by Crippen LogP contribution is -2.49. The molecule has 0 bridgehead atoms. The van der Waals surface area contributed by atoms with Gasteiger partial charge in [-0.1, -0.05) is 30.7 Å². The zero-order valence-corrected chi connectivity index (χ0v) is 23.7. The van der Waals surface area contributed by atoms with E-state index in [1.807, 2.05) is 0 Å². The van der Waals surface area contributed by atoms with Crippen LogP contribution in [0, 0.1) is 6.92 Å². The van der Waals surface area contributed by atoms with Crippen molar-refractivity contribution in [3.8, 4) is 0 Å². The van der Waals surface area contributed by atoms with E-state index < -0.39 is 10.1 Å². The van der Waals surface area contributed by atoms with E-state index in [2.05, 4.69) is 83.5 Å². The van der Waals surface area contributed by atoms with E-state index in [0.717, 1.165) is 32.4 Å². The van der Waals surface area contributed by atoms with Gasteiger partial charge < -0.3 is 9.64 Å². The Morgan fingerprint density at radius 3 is 2.77 bits per heavy atom. The van der Waals surface area contributed by atoms with Gasteiger partial charge >= 0.3 is 0 Å². The molecular weight excluding hydrogens is 510 g/mol. The highest BCUT2D eigenvalue weighted by Gasteiger charge is 2.50. The summed E-state index contributed by atoms with van der Waals surface area (Å²) in [6, 6.07) is 15.3. The van der Waals surface area contributed by atoms with Gasteiger partial charge in [-0.25, -0.2) is 9.13 Å². The molecule has 1 aromatic heterocycles. The van der Waals surface area contributed by atoms with E-state index >= 15 is 0 Å². The molecule has 0 spiro atoms. The van der Waals surface area contributed by atoms with Crippen molar-refractivity contribution in [3.63, 3.8) is 0 Å². The lowest BCUT2D eigenvalue weighted by atomic mass is 9.74. The van der Waals surface area contributed by atoms with Crippen LogP contribution >= 0.6 is 0 Å². The Morgan fingerprint density at radius 2 is 1.95 bits per heavy atom. The van der Waals surface area contributed by atoms with Crippen LogP contribution in [0.3, 0.4) is 0 Å². The summed E-state index contributed by atoms with van der Waals surface area (Å²) in [6.07, 6.45) is 6.44. The number of para-hydroxylation sites is 1. The number of aryl methyl sites for hydroxylation is 3. The number of allylic oxidation sites excluding steroid dienone is 1. The van der Waals surface area contributed by atoms with Crippen LogP contribution in [0.2, 0.25) is 0 Å². The number of fused-ring (bicyclic) bond motifs is 9. The molecule has 3 aromatic rings. The molecule has 0 aliphatic carbocycles. The van der Waals surface area contributed by atoms with Gasteiger partial charge in [0.1, 0.15) is 0 Å². The molecule has 4 aliphatic heterocycles. The first-order valence-electron chi connectivity index (χ1n) is 14.1. The summed E-state index contributed by atoms with van der Waals surface area (Å²) in [7, 11) is -1.79. The lowest BCUT2D eigenvalue weighted by Gasteiger charge is -2.42. The number of imidazole rings is 1. The largest absolute Gasteiger partial charge is 0.365 e. The Labute approximate surface area is 230 Å². The zero-order valence-electron chi connectivity index (χ0n) is 22.9. The van der Waals surface area contributed by atoms with Crippen LogP contribution in [0.15, 0.2) is 59.8 Å². The van der Waals surface area contributed by atoms with Crippen molar-refractivity contribution in [3.05, 3.63) is 76.8 Å². The van der Waals surface area contributed by atoms with Gasteiger partial charge in [-0.05, 0) is 68.5 Å². The number of benzene rings is 2. The molecule has 5 heterocycles. The molecule has 7 nitrogen and oxygen atoms in total. The standard InChI is InChI=1S/C31H35N3O4S/c1-20-10-11-25-26(18-20)32(3)30-22-19-21-27(38-28(22)13-16-34(25)30)12-15-33-24-9-5-4-8-23(24)31(2,29(21)33)14-6-7-17-39(35,36)37/h4-5,8-11,18-19,27-28H,6-7,12-17H2,1-3H3/p+1. The second-order valence-electron chi connectivity index (χ2n) is 11.9. The molecule has 8 heteroatoms. The minimum Gasteiger partial charge on any atom is -0.365 e. The third-order valence-electron chi connectivity index (χ3n) is 9.36. The topological polar surface area (TPSA) is 75.7 Å². The minimum absolute atomic E-state index is 0.0555. The maximum absolute atomic E-state index is 11.4. The van der Waals surface area contributed by atoms with Gasteiger partial charge in [-0.3, -0.25) is 4.55 Å². The number of anilines is 1. The Morgan fingerprint density at radius 1 is 1.13 bits per heavy atom. The van der Waals surface area contributed by atoms with E-state index in [1.165, 1.54) is 50.5 Å². The van der Waals surface area contributed by atoms with Crippen molar-refractivity contribution in [1.82, 2.24) is 4.57 Å². The van der Waals surface area contributed by atoms with Crippen molar-refractivity contribution >= 4 is 32.4 Å². The second kappa shape index (κ2) is 8.78. The van der Waals surface area contributed by atoms with Gasteiger partial charge in [0.15, 0.2) is 11.0 Å². The van der Waals surface area contributed by atoms with Crippen LogP contribution < -0.4 is 9.47 Å². The highest BCUT2D eigenvalue weighted by atomic mass is 32.2. The van der Waals surface area contributed by atoms with Crippen LogP contribution in [0.25, 0.3) is 16.6 Å². The third-order valence-corrected chi connectivity index (χ3v) is 10.2. The van der Waals surface area contributed by atoms with Gasteiger partial charge in [0, 0.05) is 35.3 Å². The minimum atomic E-state index is -3.96. The molecule has 0 amide bonds. The third kappa shape index (κ3) is 3.83. The van der Waals surface area contributed by atoms with E-state index in [9.17, 15) is 13.0 Å². The fourth-order valence-corrected chi connectivity index (χ4v) is 8.20. The van der Waals surface area contributed by atoms with Crippen LogP contribution in [-0.2, 0) is 33.9 Å². The molecular formula is C31H36N3O4S+. The summed E-state index contributed by atoms with van der Waals surface area (Å²) >= 11 is 0. The number of rotatable bonds is 5. The molecule has 0 fully saturated rings. The number of aromatic nitrogens is 2. The Bertz CT molecular complexity index is 1680. The molecule has 2 aromatic carbocycles. The quantitative estimate of drug-likeness (QED) is 0.282. The number of unbranched alkanes of at least 4 members (excludes halogenated alkanes) is 1. The summed E-state index contributed by atoms with van der Waals surface area (Å²) in [4.78, 5) is 2.48. The van der Waals surface area contributed by atoms with Gasteiger partial charge in [-0.15, -0.1) is 0 Å². The average Bonchev–Trinajstić information content (AvgIpc) is 3.34. The smallest absolute Gasteiger partial charge is 0.288 e. The van der Waals surface area contributed by atoms with Crippen molar-refractivity contribution in [2.75, 3.05) is 17.2 Å². The van der Waals surface area contributed by atoms with Crippen molar-refractivity contribution in [1.29, 1.82) is 0 Å². The number of ether oxygens (including phenoxy) is 1. The highest BCUT2D eigenvalue weighted by molar-refractivity contribution is 7.85. The summed E-state index contributed by atoms with van der Waals surface area (Å²) in [5.41, 5.74) is 9.84. The summed E-state index contributed by atoms with van der Waals surface area (Å²) in [5.74, 6) is 1.03. The molecule has 204 valence electrons. The molecule has 39 heavy (non-hydrogen) atoms. The first-order valence-corrected chi connectivity index (χ1v) is 15.7. The first-order chi connectivity index (χ1) is 18.7. The average molecular weight is 547 g/mol. The summed E-state index contributed by atoms with van der Waals surface area (Å²) in [5, 5.41) is 0. The maximum Gasteiger partial charge on any atom is 0.288 e. The number of hydrogen-bond donors (Lipinski definition) is 1. The lowest BCUT2D eigenvalue weighted by molar-refractivity contribution is -0.679. The van der Waals surface area contributed by atoms with Crippen LogP contribution in [0.1, 0.15) is 56.0 Å². The van der Waals surface area contributed by atoms with Gasteiger partial charge in [-0.2, -0.15) is 8.42 Å². The Kier molecular flexibility index (Phi) is 5.64. The van der Waals surface area contributed by atoms with Gasteiger partial charge in [0.2, 0.25) is 0 Å². The van der Waals surface area contributed by atoms with Crippen molar-refractivity contribution in [2.45, 2.75) is 70.1 Å². The molecule has 3 atom stereocenters. The number of hydrogen-bond acceptors (Lipinski definition) is 4. The van der Waals surface area contributed by atoms with Gasteiger partial charge in [0.25, 0.3) is 15.9 Å². The molecule has 1 N–H and O–H groups in total.